The van der Waals surface area contributed by atoms with Gasteiger partial charge in [0.25, 0.3) is 0 Å². The molecule has 0 unspecified atom stereocenters. The van der Waals surface area contributed by atoms with Crippen LogP contribution in [0.5, 0.6) is 0 Å². The van der Waals surface area contributed by atoms with Gasteiger partial charge in [0.15, 0.2) is 5.16 Å². The Labute approximate surface area is 117 Å². The smallest absolute Gasteiger partial charge is 0.233 e. The lowest BCUT2D eigenvalue weighted by atomic mass is 10.4. The second-order valence-electron chi connectivity index (χ2n) is 5.37. The summed E-state index contributed by atoms with van der Waals surface area (Å²) in [4.78, 5) is 11.8. The van der Waals surface area contributed by atoms with Crippen LogP contribution in [0.4, 0.5) is 0 Å². The van der Waals surface area contributed by atoms with Crippen molar-refractivity contribution in [3.8, 4) is 0 Å². The molecule has 1 aromatic heterocycles. The van der Waals surface area contributed by atoms with E-state index in [2.05, 4.69) is 20.1 Å². The van der Waals surface area contributed by atoms with Crippen LogP contribution < -0.4 is 5.32 Å². The van der Waals surface area contributed by atoms with E-state index in [1.165, 1.54) is 37.4 Å². The van der Waals surface area contributed by atoms with Gasteiger partial charge in [0, 0.05) is 18.5 Å². The van der Waals surface area contributed by atoms with E-state index < -0.39 is 0 Å². The summed E-state index contributed by atoms with van der Waals surface area (Å²) in [6.07, 6.45) is 4.92. The van der Waals surface area contributed by atoms with Crippen LogP contribution in [0.2, 0.25) is 0 Å². The van der Waals surface area contributed by atoms with Crippen LogP contribution in [0, 0.1) is 0 Å². The van der Waals surface area contributed by atoms with E-state index in [0.29, 0.717) is 18.5 Å². The van der Waals surface area contributed by atoms with Crippen LogP contribution in [0.25, 0.3) is 0 Å². The van der Waals surface area contributed by atoms with Gasteiger partial charge in [-0.05, 0) is 39.5 Å². The Morgan fingerprint density at radius 2 is 2.16 bits per heavy atom. The molecule has 2 saturated carbocycles. The van der Waals surface area contributed by atoms with E-state index in [-0.39, 0.29) is 11.2 Å². The van der Waals surface area contributed by atoms with Crippen molar-refractivity contribution in [2.75, 3.05) is 6.54 Å². The Morgan fingerprint density at radius 3 is 2.74 bits per heavy atom. The average Bonchev–Trinajstić information content (AvgIpc) is 3.29. The third-order valence-electron chi connectivity index (χ3n) is 3.55. The number of rotatable bonds is 6. The highest BCUT2D eigenvalue weighted by molar-refractivity contribution is 8.00. The first kappa shape index (κ1) is 13.0. The molecule has 104 valence electrons. The molecule has 1 N–H and O–H groups in total. The monoisotopic (exact) mass is 280 g/mol. The van der Waals surface area contributed by atoms with Crippen molar-refractivity contribution in [2.24, 2.45) is 0 Å². The largest absolute Gasteiger partial charge is 0.355 e. The fraction of sp³-hybridized carbons (Fsp3) is 0.769. The number of aromatic nitrogens is 3. The van der Waals surface area contributed by atoms with Crippen molar-refractivity contribution >= 4 is 17.7 Å². The van der Waals surface area contributed by atoms with Gasteiger partial charge < -0.3 is 9.88 Å². The number of amides is 1. The Balaban J connectivity index is 1.75. The number of nitrogens with zero attached hydrogens (tertiary/aromatic N) is 3. The van der Waals surface area contributed by atoms with Gasteiger partial charge in [0.1, 0.15) is 5.82 Å². The second kappa shape index (κ2) is 5.15. The van der Waals surface area contributed by atoms with Crippen LogP contribution in [0.15, 0.2) is 5.16 Å². The number of thioether (sulfide) groups is 1. The summed E-state index contributed by atoms with van der Waals surface area (Å²) in [5, 5.41) is 12.3. The molecule has 2 aliphatic rings. The Kier molecular flexibility index (Phi) is 3.52. The zero-order valence-electron chi connectivity index (χ0n) is 11.4. The molecule has 0 bridgehead atoms. The van der Waals surface area contributed by atoms with E-state index in [9.17, 15) is 4.79 Å². The normalized spacial score (nSPS) is 20.3. The molecule has 1 aromatic rings. The Hall–Kier alpha value is -1.04. The van der Waals surface area contributed by atoms with Gasteiger partial charge in [-0.2, -0.15) is 0 Å². The third-order valence-corrected chi connectivity index (χ3v) is 4.60. The molecule has 1 amide bonds. The van der Waals surface area contributed by atoms with Gasteiger partial charge in [0.2, 0.25) is 5.91 Å². The first-order valence-electron chi connectivity index (χ1n) is 7.09. The first-order chi connectivity index (χ1) is 9.20. The predicted molar refractivity (Wildman–Crippen MR) is 74.3 cm³/mol. The number of carbonyl (C=O) groups excluding carboxylic acids is 1. The zero-order chi connectivity index (χ0) is 13.4. The topological polar surface area (TPSA) is 59.8 Å². The fourth-order valence-electron chi connectivity index (χ4n) is 2.19. The van der Waals surface area contributed by atoms with Crippen LogP contribution in [0.1, 0.15) is 57.3 Å². The molecular formula is C13H20N4OS. The van der Waals surface area contributed by atoms with Crippen LogP contribution in [-0.4, -0.2) is 32.5 Å². The first-order valence-corrected chi connectivity index (χ1v) is 7.97. The summed E-state index contributed by atoms with van der Waals surface area (Å²) >= 11 is 1.53. The highest BCUT2D eigenvalue weighted by Gasteiger charge is 2.36. The zero-order valence-corrected chi connectivity index (χ0v) is 12.2. The minimum Gasteiger partial charge on any atom is -0.355 e. The van der Waals surface area contributed by atoms with Gasteiger partial charge in [0.05, 0.1) is 5.25 Å². The van der Waals surface area contributed by atoms with Gasteiger partial charge in [-0.1, -0.05) is 11.8 Å². The van der Waals surface area contributed by atoms with Crippen LogP contribution in [-0.2, 0) is 4.79 Å². The molecule has 19 heavy (non-hydrogen) atoms. The highest BCUT2D eigenvalue weighted by Crippen LogP contribution is 2.46. The lowest BCUT2D eigenvalue weighted by molar-refractivity contribution is -0.120. The van der Waals surface area contributed by atoms with E-state index in [0.717, 1.165) is 11.0 Å². The van der Waals surface area contributed by atoms with Crippen molar-refractivity contribution in [2.45, 2.75) is 61.9 Å². The Morgan fingerprint density at radius 1 is 1.42 bits per heavy atom. The van der Waals surface area contributed by atoms with Crippen molar-refractivity contribution < 1.29 is 4.79 Å². The Bertz CT molecular complexity index is 479. The van der Waals surface area contributed by atoms with E-state index in [1.807, 2.05) is 13.8 Å². The maximum Gasteiger partial charge on any atom is 0.233 e. The molecule has 1 heterocycles. The SMILES string of the molecule is CCNC(=O)[C@@H](C)Sc1nnc(C2CC2)n1C1CC1. The molecule has 0 spiro atoms. The maximum atomic E-state index is 11.8. The summed E-state index contributed by atoms with van der Waals surface area (Å²) in [5.74, 6) is 1.83. The minimum absolute atomic E-state index is 0.0748. The van der Waals surface area contributed by atoms with Crippen LogP contribution in [0.3, 0.4) is 0 Å². The quantitative estimate of drug-likeness (QED) is 0.811. The highest BCUT2D eigenvalue weighted by atomic mass is 32.2. The lowest BCUT2D eigenvalue weighted by Crippen LogP contribution is -2.30. The molecule has 0 saturated heterocycles. The fourth-order valence-corrected chi connectivity index (χ4v) is 3.14. The molecule has 0 aliphatic heterocycles. The number of hydrogen-bond donors (Lipinski definition) is 1. The number of nitrogens with one attached hydrogen (secondary N) is 1. The molecular weight excluding hydrogens is 260 g/mol. The summed E-state index contributed by atoms with van der Waals surface area (Å²) in [6.45, 7) is 4.54. The summed E-state index contributed by atoms with van der Waals surface area (Å²) in [7, 11) is 0. The molecule has 0 radical (unpaired) electrons. The van der Waals surface area contributed by atoms with Gasteiger partial charge in [-0.15, -0.1) is 10.2 Å². The van der Waals surface area contributed by atoms with Crippen molar-refractivity contribution in [3.63, 3.8) is 0 Å². The van der Waals surface area contributed by atoms with Crippen molar-refractivity contribution in [3.05, 3.63) is 5.82 Å². The predicted octanol–water partition coefficient (Wildman–Crippen LogP) is 2.11. The number of carbonyl (C=O) groups is 1. The average molecular weight is 280 g/mol. The van der Waals surface area contributed by atoms with Gasteiger partial charge in [-0.3, -0.25) is 4.79 Å². The van der Waals surface area contributed by atoms with Gasteiger partial charge in [-0.25, -0.2) is 0 Å². The van der Waals surface area contributed by atoms with E-state index in [1.54, 1.807) is 0 Å². The minimum atomic E-state index is -0.117. The summed E-state index contributed by atoms with van der Waals surface area (Å²) in [6, 6.07) is 0.578. The van der Waals surface area contributed by atoms with Crippen molar-refractivity contribution in [1.29, 1.82) is 0 Å². The summed E-state index contributed by atoms with van der Waals surface area (Å²) < 4.78 is 2.29. The lowest BCUT2D eigenvalue weighted by Gasteiger charge is -2.12. The van der Waals surface area contributed by atoms with Crippen LogP contribution >= 0.6 is 11.8 Å². The van der Waals surface area contributed by atoms with E-state index in [4.69, 9.17) is 0 Å². The molecule has 1 atom stereocenters. The molecule has 2 fully saturated rings. The maximum absolute atomic E-state index is 11.8. The third kappa shape index (κ3) is 2.78. The number of hydrogen-bond acceptors (Lipinski definition) is 4. The molecule has 2 aliphatic carbocycles. The molecule has 0 aromatic carbocycles. The summed E-state index contributed by atoms with van der Waals surface area (Å²) in [5.41, 5.74) is 0. The van der Waals surface area contributed by atoms with Gasteiger partial charge >= 0.3 is 0 Å². The molecule has 3 rings (SSSR count). The molecule has 6 heteroatoms. The van der Waals surface area contributed by atoms with E-state index >= 15 is 0 Å². The second-order valence-corrected chi connectivity index (χ2v) is 6.68. The van der Waals surface area contributed by atoms with Crippen molar-refractivity contribution in [1.82, 2.24) is 20.1 Å². The molecule has 5 nitrogen and oxygen atoms in total. The standard InChI is InChI=1S/C13H20N4OS/c1-3-14-12(18)8(2)19-13-16-15-11(9-4-5-9)17(13)10-6-7-10/h8-10H,3-7H2,1-2H3,(H,14,18)/t8-/m1/s1.